The molecule has 0 aliphatic carbocycles. The van der Waals surface area contributed by atoms with Crippen molar-refractivity contribution < 1.29 is 14.0 Å². The summed E-state index contributed by atoms with van der Waals surface area (Å²) >= 11 is 1.25. The average molecular weight is 470 g/mol. The Morgan fingerprint density at radius 2 is 1.73 bits per heavy atom. The van der Waals surface area contributed by atoms with Crippen molar-refractivity contribution in [2.45, 2.75) is 43.6 Å². The fourth-order valence-electron chi connectivity index (χ4n) is 3.20. The van der Waals surface area contributed by atoms with Crippen LogP contribution in [-0.2, 0) is 16.6 Å². The van der Waals surface area contributed by atoms with Gasteiger partial charge in [-0.25, -0.2) is 4.39 Å². The van der Waals surface area contributed by atoms with Crippen LogP contribution in [0.15, 0.2) is 59.8 Å². The highest BCUT2D eigenvalue weighted by molar-refractivity contribution is 8.00. The quantitative estimate of drug-likeness (QED) is 0.528. The third-order valence-electron chi connectivity index (χ3n) is 4.72. The Balaban J connectivity index is 1.81. The number of benzene rings is 2. The number of rotatable bonds is 7. The minimum atomic E-state index is -0.566. The molecular formula is C24H28FN5O2S. The summed E-state index contributed by atoms with van der Waals surface area (Å²) in [4.78, 5) is 27.4. The first-order chi connectivity index (χ1) is 15.5. The van der Waals surface area contributed by atoms with Crippen molar-refractivity contribution in [3.05, 3.63) is 60.4 Å². The number of carbonyl (C=O) groups excluding carboxylic acids is 2. The number of nitrogens with one attached hydrogen (secondary N) is 1. The number of hydrogen-bond acceptors (Lipinski definition) is 5. The Labute approximate surface area is 197 Å². The molecule has 2 aromatic carbocycles. The van der Waals surface area contributed by atoms with E-state index in [0.717, 1.165) is 5.56 Å². The van der Waals surface area contributed by atoms with E-state index < -0.39 is 16.6 Å². The van der Waals surface area contributed by atoms with E-state index in [1.54, 1.807) is 6.92 Å². The third kappa shape index (κ3) is 6.41. The number of carbonyl (C=O) groups is 2. The number of halogens is 1. The van der Waals surface area contributed by atoms with Gasteiger partial charge in [0.1, 0.15) is 12.4 Å². The second kappa shape index (κ2) is 10.2. The van der Waals surface area contributed by atoms with Crippen molar-refractivity contribution in [1.82, 2.24) is 20.1 Å². The number of amides is 2. The normalized spacial score (nSPS) is 12.3. The van der Waals surface area contributed by atoms with Crippen molar-refractivity contribution in [2.75, 3.05) is 11.4 Å². The standard InChI is InChI=1S/C24H28FN5O2S/c1-16(33-23-28-27-21(29(23)5)17-9-7-6-8-10-17)22(32)30(15-20(31)26-24(2,3)4)19-13-11-18(25)12-14-19/h6-14,16H,15H2,1-5H3,(H,26,31). The van der Waals surface area contributed by atoms with Crippen LogP contribution in [0.25, 0.3) is 11.4 Å². The molecule has 1 atom stereocenters. The maximum Gasteiger partial charge on any atom is 0.240 e. The summed E-state index contributed by atoms with van der Waals surface area (Å²) in [5.74, 6) is -0.319. The Kier molecular flexibility index (Phi) is 7.53. The lowest BCUT2D eigenvalue weighted by Crippen LogP contribution is -2.48. The molecule has 7 nitrogen and oxygen atoms in total. The molecule has 0 bridgehead atoms. The second-order valence-electron chi connectivity index (χ2n) is 8.69. The smallest absolute Gasteiger partial charge is 0.240 e. The first-order valence-corrected chi connectivity index (χ1v) is 11.4. The molecule has 0 aliphatic heterocycles. The van der Waals surface area contributed by atoms with Crippen LogP contribution in [-0.4, -0.2) is 43.9 Å². The van der Waals surface area contributed by atoms with Crippen molar-refractivity contribution in [3.63, 3.8) is 0 Å². The van der Waals surface area contributed by atoms with E-state index in [1.165, 1.54) is 40.9 Å². The van der Waals surface area contributed by atoms with Gasteiger partial charge in [-0.15, -0.1) is 10.2 Å². The SMILES string of the molecule is CC(Sc1nnc(-c2ccccc2)n1C)C(=O)N(CC(=O)NC(C)(C)C)c1ccc(F)cc1. The van der Waals surface area contributed by atoms with E-state index in [2.05, 4.69) is 15.5 Å². The fraction of sp³-hybridized carbons (Fsp3) is 0.333. The van der Waals surface area contributed by atoms with Gasteiger partial charge in [-0.1, -0.05) is 42.1 Å². The maximum atomic E-state index is 13.5. The highest BCUT2D eigenvalue weighted by Crippen LogP contribution is 2.28. The topological polar surface area (TPSA) is 80.1 Å². The van der Waals surface area contributed by atoms with E-state index >= 15 is 0 Å². The predicted octanol–water partition coefficient (Wildman–Crippen LogP) is 4.05. The number of nitrogens with zero attached hydrogens (tertiary/aromatic N) is 4. The maximum absolute atomic E-state index is 13.5. The summed E-state index contributed by atoms with van der Waals surface area (Å²) < 4.78 is 15.3. The summed E-state index contributed by atoms with van der Waals surface area (Å²) in [7, 11) is 1.84. The minimum Gasteiger partial charge on any atom is -0.350 e. The van der Waals surface area contributed by atoms with E-state index in [9.17, 15) is 14.0 Å². The van der Waals surface area contributed by atoms with E-state index in [4.69, 9.17) is 0 Å². The van der Waals surface area contributed by atoms with Gasteiger partial charge in [0.05, 0.1) is 5.25 Å². The zero-order valence-corrected chi connectivity index (χ0v) is 20.2. The number of hydrogen-bond donors (Lipinski definition) is 1. The summed E-state index contributed by atoms with van der Waals surface area (Å²) in [5, 5.41) is 11.4. The Bertz CT molecular complexity index is 1110. The van der Waals surface area contributed by atoms with Gasteiger partial charge in [-0.05, 0) is 52.0 Å². The first-order valence-electron chi connectivity index (χ1n) is 10.5. The molecule has 174 valence electrons. The molecule has 3 aromatic rings. The van der Waals surface area contributed by atoms with Crippen LogP contribution >= 0.6 is 11.8 Å². The zero-order chi connectivity index (χ0) is 24.2. The zero-order valence-electron chi connectivity index (χ0n) is 19.4. The van der Waals surface area contributed by atoms with E-state index in [-0.39, 0.29) is 18.4 Å². The monoisotopic (exact) mass is 469 g/mol. The highest BCUT2D eigenvalue weighted by atomic mass is 32.2. The fourth-order valence-corrected chi connectivity index (χ4v) is 4.08. The lowest BCUT2D eigenvalue weighted by atomic mass is 10.1. The summed E-state index contributed by atoms with van der Waals surface area (Å²) in [5.41, 5.74) is 0.924. The van der Waals surface area contributed by atoms with E-state index in [1.807, 2.05) is 62.7 Å². The van der Waals surface area contributed by atoms with Gasteiger partial charge in [-0.2, -0.15) is 0 Å². The third-order valence-corrected chi connectivity index (χ3v) is 5.84. The first kappa shape index (κ1) is 24.4. The van der Waals surface area contributed by atoms with Gasteiger partial charge >= 0.3 is 0 Å². The van der Waals surface area contributed by atoms with Crippen molar-refractivity contribution in [2.24, 2.45) is 7.05 Å². The largest absolute Gasteiger partial charge is 0.350 e. The molecule has 0 saturated carbocycles. The molecule has 1 N–H and O–H groups in total. The van der Waals surface area contributed by atoms with Crippen LogP contribution in [0.1, 0.15) is 27.7 Å². The van der Waals surface area contributed by atoms with Crippen LogP contribution in [0.3, 0.4) is 0 Å². The Morgan fingerprint density at radius 1 is 1.09 bits per heavy atom. The molecule has 0 fully saturated rings. The summed E-state index contributed by atoms with van der Waals surface area (Å²) in [6, 6.07) is 15.2. The highest BCUT2D eigenvalue weighted by Gasteiger charge is 2.28. The number of thioether (sulfide) groups is 1. The molecule has 1 heterocycles. The van der Waals surface area contributed by atoms with Gasteiger partial charge in [-0.3, -0.25) is 9.59 Å². The van der Waals surface area contributed by atoms with Crippen LogP contribution in [0.4, 0.5) is 10.1 Å². The van der Waals surface area contributed by atoms with E-state index in [0.29, 0.717) is 16.7 Å². The number of aromatic nitrogens is 3. The molecule has 1 unspecified atom stereocenters. The molecule has 3 rings (SSSR count). The van der Waals surface area contributed by atoms with Gasteiger partial charge in [0.15, 0.2) is 11.0 Å². The molecule has 2 amide bonds. The molecular weight excluding hydrogens is 441 g/mol. The van der Waals surface area contributed by atoms with Crippen molar-refractivity contribution >= 4 is 29.3 Å². The minimum absolute atomic E-state index is 0.180. The summed E-state index contributed by atoms with van der Waals surface area (Å²) in [6.45, 7) is 7.17. The van der Waals surface area contributed by atoms with Gasteiger partial charge in [0, 0.05) is 23.8 Å². The summed E-state index contributed by atoms with van der Waals surface area (Å²) in [6.07, 6.45) is 0. The predicted molar refractivity (Wildman–Crippen MR) is 128 cm³/mol. The van der Waals surface area contributed by atoms with Crippen LogP contribution in [0, 0.1) is 5.82 Å². The van der Waals surface area contributed by atoms with Crippen LogP contribution < -0.4 is 10.2 Å². The second-order valence-corrected chi connectivity index (χ2v) is 10.00. The molecule has 33 heavy (non-hydrogen) atoms. The van der Waals surface area contributed by atoms with Gasteiger partial charge in [0.2, 0.25) is 11.8 Å². The van der Waals surface area contributed by atoms with Gasteiger partial charge in [0.25, 0.3) is 0 Å². The molecule has 1 aromatic heterocycles. The Hall–Kier alpha value is -3.20. The van der Waals surface area contributed by atoms with Gasteiger partial charge < -0.3 is 14.8 Å². The van der Waals surface area contributed by atoms with Crippen molar-refractivity contribution in [1.29, 1.82) is 0 Å². The molecule has 9 heteroatoms. The lowest BCUT2D eigenvalue weighted by Gasteiger charge is -2.27. The molecule has 0 aliphatic rings. The van der Waals surface area contributed by atoms with Crippen LogP contribution in [0.2, 0.25) is 0 Å². The molecule has 0 radical (unpaired) electrons. The number of anilines is 1. The lowest BCUT2D eigenvalue weighted by molar-refractivity contribution is -0.124. The van der Waals surface area contributed by atoms with Crippen molar-refractivity contribution in [3.8, 4) is 11.4 Å². The average Bonchev–Trinajstić information content (AvgIpc) is 3.11. The Morgan fingerprint density at radius 3 is 2.33 bits per heavy atom. The van der Waals surface area contributed by atoms with Crippen LogP contribution in [0.5, 0.6) is 0 Å². The molecule has 0 saturated heterocycles. The molecule has 0 spiro atoms.